The summed E-state index contributed by atoms with van der Waals surface area (Å²) < 4.78 is 11.2. The molecular weight excluding hydrogens is 356 g/mol. The molecule has 0 radical (unpaired) electrons. The molecule has 136 valence electrons. The minimum atomic E-state index is -0.886. The number of halogens is 1. The van der Waals surface area contributed by atoms with E-state index in [0.717, 1.165) is 17.7 Å². The average molecular weight is 375 g/mol. The molecule has 0 aliphatic carbocycles. The second kappa shape index (κ2) is 7.74. The molecule has 0 bridgehead atoms. The Hall–Kier alpha value is -2.60. The van der Waals surface area contributed by atoms with Crippen molar-refractivity contribution in [2.24, 2.45) is 0 Å². The van der Waals surface area contributed by atoms with E-state index in [1.54, 1.807) is 12.1 Å². The molecule has 0 aliphatic heterocycles. The van der Waals surface area contributed by atoms with Crippen LogP contribution in [0.5, 0.6) is 5.75 Å². The molecule has 0 unspecified atom stereocenters. The summed E-state index contributed by atoms with van der Waals surface area (Å²) >= 11 is 6.34. The molecule has 1 aromatic carbocycles. The largest absolute Gasteiger partial charge is 0.483 e. The Labute approximate surface area is 155 Å². The smallest absolute Gasteiger partial charge is 0.303 e. The van der Waals surface area contributed by atoms with Gasteiger partial charge in [0, 0.05) is 24.1 Å². The van der Waals surface area contributed by atoms with E-state index in [1.807, 2.05) is 25.3 Å². The fourth-order valence-corrected chi connectivity index (χ4v) is 2.83. The summed E-state index contributed by atoms with van der Waals surface area (Å²) in [5.74, 6) is -0.420. The molecule has 0 fully saturated rings. The molecule has 26 heavy (non-hydrogen) atoms. The number of benzene rings is 1. The summed E-state index contributed by atoms with van der Waals surface area (Å²) in [5, 5.41) is 13.9. The summed E-state index contributed by atoms with van der Waals surface area (Å²) in [6, 6.07) is 7.33. The SMILES string of the molecule is CCc1ccc([C@@H](C)Oc2cc3onc(CCC(=O)O)c3cc2Cl)nc1. The van der Waals surface area contributed by atoms with Gasteiger partial charge in [0.1, 0.15) is 11.9 Å². The molecule has 2 heterocycles. The standard InChI is InChI=1S/C19H19ClN2O4/c1-3-12-4-5-15(21-10-12)11(2)25-18-9-17-13(8-14(18)20)16(22-26-17)6-7-19(23)24/h4-5,8-11H,3,6-7H2,1-2H3,(H,23,24)/t11-/m1/s1. The Bertz CT molecular complexity index is 921. The van der Waals surface area contributed by atoms with Gasteiger partial charge >= 0.3 is 5.97 Å². The summed E-state index contributed by atoms with van der Waals surface area (Å²) in [5.41, 5.74) is 3.04. The van der Waals surface area contributed by atoms with E-state index in [-0.39, 0.29) is 18.9 Å². The highest BCUT2D eigenvalue weighted by molar-refractivity contribution is 6.32. The third kappa shape index (κ3) is 3.96. The molecule has 3 rings (SSSR count). The van der Waals surface area contributed by atoms with Crippen molar-refractivity contribution >= 4 is 28.5 Å². The van der Waals surface area contributed by atoms with Crippen LogP contribution in [0.25, 0.3) is 11.0 Å². The molecule has 0 saturated carbocycles. The molecule has 1 N–H and O–H groups in total. The second-order valence-corrected chi connectivity index (χ2v) is 6.41. The third-order valence-corrected chi connectivity index (χ3v) is 4.45. The molecular formula is C19H19ClN2O4. The van der Waals surface area contributed by atoms with E-state index in [0.29, 0.717) is 27.4 Å². The minimum Gasteiger partial charge on any atom is -0.483 e. The second-order valence-electron chi connectivity index (χ2n) is 6.01. The molecule has 7 heteroatoms. The summed E-state index contributed by atoms with van der Waals surface area (Å²) in [4.78, 5) is 15.2. The first-order valence-electron chi connectivity index (χ1n) is 8.39. The average Bonchev–Trinajstić information content (AvgIpc) is 3.02. The van der Waals surface area contributed by atoms with Crippen LogP contribution in [0.4, 0.5) is 0 Å². The number of hydrogen-bond acceptors (Lipinski definition) is 5. The van der Waals surface area contributed by atoms with Crippen LogP contribution in [0.15, 0.2) is 35.0 Å². The first kappa shape index (κ1) is 18.2. The van der Waals surface area contributed by atoms with Crippen molar-refractivity contribution in [2.45, 2.75) is 39.2 Å². The van der Waals surface area contributed by atoms with Crippen molar-refractivity contribution in [3.63, 3.8) is 0 Å². The van der Waals surface area contributed by atoms with Crippen molar-refractivity contribution in [1.82, 2.24) is 10.1 Å². The van der Waals surface area contributed by atoms with Crippen molar-refractivity contribution in [3.8, 4) is 5.75 Å². The molecule has 0 amide bonds. The first-order valence-corrected chi connectivity index (χ1v) is 8.76. The van der Waals surface area contributed by atoms with Crippen molar-refractivity contribution in [3.05, 3.63) is 52.4 Å². The Morgan fingerprint density at radius 1 is 1.38 bits per heavy atom. The van der Waals surface area contributed by atoms with Crippen molar-refractivity contribution in [1.29, 1.82) is 0 Å². The van der Waals surface area contributed by atoms with Gasteiger partial charge in [0.05, 0.1) is 22.8 Å². The number of fused-ring (bicyclic) bond motifs is 1. The molecule has 0 saturated heterocycles. The number of carbonyl (C=O) groups is 1. The number of ether oxygens (including phenoxy) is 1. The van der Waals surface area contributed by atoms with E-state index in [9.17, 15) is 4.79 Å². The van der Waals surface area contributed by atoms with Gasteiger partial charge in [-0.15, -0.1) is 0 Å². The number of carboxylic acids is 1. The van der Waals surface area contributed by atoms with E-state index in [2.05, 4.69) is 17.1 Å². The quantitative estimate of drug-likeness (QED) is 0.650. The van der Waals surface area contributed by atoms with E-state index in [4.69, 9.17) is 26.0 Å². The number of rotatable bonds is 7. The van der Waals surface area contributed by atoms with E-state index in [1.165, 1.54) is 0 Å². The number of hydrogen-bond donors (Lipinski definition) is 1. The Morgan fingerprint density at radius 3 is 2.85 bits per heavy atom. The van der Waals surface area contributed by atoms with Crippen LogP contribution in [0, 0.1) is 0 Å². The highest BCUT2D eigenvalue weighted by atomic mass is 35.5. The van der Waals surface area contributed by atoms with Gasteiger partial charge in [-0.3, -0.25) is 9.78 Å². The van der Waals surface area contributed by atoms with Crippen molar-refractivity contribution < 1.29 is 19.2 Å². The van der Waals surface area contributed by atoms with Crippen LogP contribution >= 0.6 is 11.6 Å². The number of carboxylic acid groups (broad SMARTS) is 1. The molecule has 1 atom stereocenters. The van der Waals surface area contributed by atoms with Gasteiger partial charge in [0.15, 0.2) is 5.58 Å². The van der Waals surface area contributed by atoms with Gasteiger partial charge in [-0.2, -0.15) is 0 Å². The monoisotopic (exact) mass is 374 g/mol. The molecule has 3 aromatic rings. The zero-order valence-corrected chi connectivity index (χ0v) is 15.3. The van der Waals surface area contributed by atoms with Gasteiger partial charge in [-0.25, -0.2) is 0 Å². The summed E-state index contributed by atoms with van der Waals surface area (Å²) in [7, 11) is 0. The number of aryl methyl sites for hydroxylation is 2. The zero-order valence-electron chi connectivity index (χ0n) is 14.5. The molecule has 0 spiro atoms. The lowest BCUT2D eigenvalue weighted by molar-refractivity contribution is -0.136. The number of aliphatic carboxylic acids is 1. The third-order valence-electron chi connectivity index (χ3n) is 4.15. The topological polar surface area (TPSA) is 85.5 Å². The zero-order chi connectivity index (χ0) is 18.7. The van der Waals surface area contributed by atoms with Gasteiger partial charge in [-0.05, 0) is 31.0 Å². The van der Waals surface area contributed by atoms with E-state index >= 15 is 0 Å². The maximum absolute atomic E-state index is 10.7. The van der Waals surface area contributed by atoms with Crippen LogP contribution in [0.2, 0.25) is 5.02 Å². The number of aromatic nitrogens is 2. The fraction of sp³-hybridized carbons (Fsp3) is 0.316. The lowest BCUT2D eigenvalue weighted by Gasteiger charge is -2.15. The van der Waals surface area contributed by atoms with Crippen LogP contribution in [-0.2, 0) is 17.6 Å². The fourth-order valence-electron chi connectivity index (χ4n) is 2.62. The molecule has 6 nitrogen and oxygen atoms in total. The predicted molar refractivity (Wildman–Crippen MR) is 97.6 cm³/mol. The van der Waals surface area contributed by atoms with Crippen molar-refractivity contribution in [2.75, 3.05) is 0 Å². The van der Waals surface area contributed by atoms with Crippen LogP contribution in [0.3, 0.4) is 0 Å². The minimum absolute atomic E-state index is 0.0199. The summed E-state index contributed by atoms with van der Waals surface area (Å²) in [6.07, 6.45) is 2.74. The van der Waals surface area contributed by atoms with Crippen LogP contribution in [-0.4, -0.2) is 21.2 Å². The summed E-state index contributed by atoms with van der Waals surface area (Å²) in [6.45, 7) is 3.97. The van der Waals surface area contributed by atoms with Gasteiger partial charge in [0.2, 0.25) is 0 Å². The maximum atomic E-state index is 10.7. The lowest BCUT2D eigenvalue weighted by atomic mass is 10.1. The molecule has 0 aliphatic rings. The maximum Gasteiger partial charge on any atom is 0.303 e. The Balaban J connectivity index is 1.81. The van der Waals surface area contributed by atoms with Crippen LogP contribution in [0.1, 0.15) is 43.3 Å². The number of nitrogens with zero attached hydrogens (tertiary/aromatic N) is 2. The van der Waals surface area contributed by atoms with E-state index < -0.39 is 5.97 Å². The Morgan fingerprint density at radius 2 is 2.19 bits per heavy atom. The number of pyridine rings is 1. The Kier molecular flexibility index (Phi) is 5.42. The normalized spacial score (nSPS) is 12.3. The molecule has 2 aromatic heterocycles. The highest BCUT2D eigenvalue weighted by Crippen LogP contribution is 2.34. The predicted octanol–water partition coefficient (Wildman–Crippen LogP) is 4.60. The lowest BCUT2D eigenvalue weighted by Crippen LogP contribution is -2.06. The van der Waals surface area contributed by atoms with Gasteiger partial charge in [0.25, 0.3) is 0 Å². The van der Waals surface area contributed by atoms with Gasteiger partial charge < -0.3 is 14.4 Å². The highest BCUT2D eigenvalue weighted by Gasteiger charge is 2.16. The first-order chi connectivity index (χ1) is 12.5. The van der Waals surface area contributed by atoms with Gasteiger partial charge in [-0.1, -0.05) is 29.7 Å². The van der Waals surface area contributed by atoms with Crippen LogP contribution < -0.4 is 4.74 Å².